The summed E-state index contributed by atoms with van der Waals surface area (Å²) < 4.78 is 0. The van der Waals surface area contributed by atoms with Gasteiger partial charge in [-0.3, -0.25) is 9.59 Å². The Morgan fingerprint density at radius 3 is 2.15 bits per heavy atom. The van der Waals surface area contributed by atoms with Crippen LogP contribution in [0.3, 0.4) is 0 Å². The lowest BCUT2D eigenvalue weighted by Gasteiger charge is -2.35. The fourth-order valence-electron chi connectivity index (χ4n) is 2.30. The molecular weight excluding hydrogens is 276 g/mol. The Bertz CT molecular complexity index is 508. The van der Waals surface area contributed by atoms with Crippen LogP contribution in [0.2, 0.25) is 5.02 Å². The van der Waals surface area contributed by atoms with E-state index in [1.54, 1.807) is 29.2 Å². The molecule has 20 heavy (non-hydrogen) atoms. The van der Waals surface area contributed by atoms with E-state index in [-0.39, 0.29) is 17.7 Å². The Morgan fingerprint density at radius 2 is 1.60 bits per heavy atom. The Balaban J connectivity index is 1.99. The maximum absolute atomic E-state index is 12.4. The highest BCUT2D eigenvalue weighted by atomic mass is 35.5. The lowest BCUT2D eigenvalue weighted by molar-refractivity contribution is -0.135. The van der Waals surface area contributed by atoms with E-state index in [9.17, 15) is 9.59 Å². The predicted molar refractivity (Wildman–Crippen MR) is 78.8 cm³/mol. The van der Waals surface area contributed by atoms with Crippen LogP contribution in [0.5, 0.6) is 0 Å². The van der Waals surface area contributed by atoms with Gasteiger partial charge in [-0.1, -0.05) is 37.6 Å². The van der Waals surface area contributed by atoms with Gasteiger partial charge < -0.3 is 9.80 Å². The van der Waals surface area contributed by atoms with Crippen LogP contribution in [0.4, 0.5) is 0 Å². The molecular formula is C15H19ClN2O2. The van der Waals surface area contributed by atoms with Crippen molar-refractivity contribution >= 4 is 23.4 Å². The first kappa shape index (κ1) is 14.9. The number of carbonyl (C=O) groups is 2. The molecule has 1 aliphatic heterocycles. The average molecular weight is 295 g/mol. The number of piperazine rings is 1. The smallest absolute Gasteiger partial charge is 0.255 e. The zero-order valence-electron chi connectivity index (χ0n) is 11.8. The summed E-state index contributed by atoms with van der Waals surface area (Å²) in [5.74, 6) is 0.0860. The highest BCUT2D eigenvalue weighted by molar-refractivity contribution is 6.33. The van der Waals surface area contributed by atoms with Gasteiger partial charge in [0, 0.05) is 32.1 Å². The molecule has 0 aromatic heterocycles. The largest absolute Gasteiger partial charge is 0.339 e. The summed E-state index contributed by atoms with van der Waals surface area (Å²) in [7, 11) is 0. The van der Waals surface area contributed by atoms with Crippen LogP contribution >= 0.6 is 11.6 Å². The third-order valence-corrected chi connectivity index (χ3v) is 3.81. The maximum Gasteiger partial charge on any atom is 0.255 e. The molecule has 0 bridgehead atoms. The summed E-state index contributed by atoms with van der Waals surface area (Å²) in [5, 5.41) is 0.471. The van der Waals surface area contributed by atoms with Gasteiger partial charge in [-0.2, -0.15) is 0 Å². The molecule has 1 aliphatic rings. The first-order chi connectivity index (χ1) is 9.50. The molecule has 5 heteroatoms. The molecule has 1 aromatic carbocycles. The molecule has 0 spiro atoms. The molecule has 1 aromatic rings. The van der Waals surface area contributed by atoms with E-state index in [2.05, 4.69) is 0 Å². The Morgan fingerprint density at radius 1 is 1.05 bits per heavy atom. The number of benzene rings is 1. The lowest BCUT2D eigenvalue weighted by atomic mass is 10.1. The molecule has 2 amide bonds. The number of hydrogen-bond donors (Lipinski definition) is 0. The van der Waals surface area contributed by atoms with Gasteiger partial charge in [0.05, 0.1) is 10.6 Å². The topological polar surface area (TPSA) is 40.6 Å². The van der Waals surface area contributed by atoms with E-state index < -0.39 is 0 Å². The minimum absolute atomic E-state index is 0.000759. The van der Waals surface area contributed by atoms with E-state index >= 15 is 0 Å². The number of carbonyl (C=O) groups excluding carboxylic acids is 2. The van der Waals surface area contributed by atoms with Gasteiger partial charge in [0.1, 0.15) is 0 Å². The normalized spacial score (nSPS) is 15.6. The van der Waals surface area contributed by atoms with Crippen molar-refractivity contribution in [2.75, 3.05) is 26.2 Å². The van der Waals surface area contributed by atoms with Gasteiger partial charge in [-0.05, 0) is 12.1 Å². The van der Waals surface area contributed by atoms with Crippen LogP contribution in [0.25, 0.3) is 0 Å². The van der Waals surface area contributed by atoms with E-state index in [1.165, 1.54) is 0 Å². The van der Waals surface area contributed by atoms with Crippen LogP contribution < -0.4 is 0 Å². The van der Waals surface area contributed by atoms with Crippen LogP contribution in [0.15, 0.2) is 24.3 Å². The molecule has 1 fully saturated rings. The van der Waals surface area contributed by atoms with Crippen molar-refractivity contribution in [3.8, 4) is 0 Å². The Labute approximate surface area is 124 Å². The van der Waals surface area contributed by atoms with Crippen molar-refractivity contribution in [1.29, 1.82) is 0 Å². The number of halogens is 1. The molecule has 2 rings (SSSR count). The molecule has 0 unspecified atom stereocenters. The first-order valence-electron chi connectivity index (χ1n) is 6.83. The van der Waals surface area contributed by atoms with Crippen molar-refractivity contribution in [3.63, 3.8) is 0 Å². The van der Waals surface area contributed by atoms with Gasteiger partial charge in [0.2, 0.25) is 5.91 Å². The number of rotatable bonds is 2. The molecule has 0 saturated carbocycles. The predicted octanol–water partition coefficient (Wildman–Crippen LogP) is 2.28. The van der Waals surface area contributed by atoms with Crippen molar-refractivity contribution in [1.82, 2.24) is 9.80 Å². The summed E-state index contributed by atoms with van der Waals surface area (Å²) >= 11 is 6.05. The highest BCUT2D eigenvalue weighted by Gasteiger charge is 2.26. The van der Waals surface area contributed by atoms with Crippen LogP contribution in [0, 0.1) is 5.92 Å². The van der Waals surface area contributed by atoms with Crippen molar-refractivity contribution in [2.24, 2.45) is 5.92 Å². The molecule has 0 radical (unpaired) electrons. The summed E-state index contributed by atoms with van der Waals surface area (Å²) in [6.45, 7) is 6.08. The summed E-state index contributed by atoms with van der Waals surface area (Å²) in [6, 6.07) is 7.06. The van der Waals surface area contributed by atoms with Crippen LogP contribution in [-0.4, -0.2) is 47.8 Å². The summed E-state index contributed by atoms with van der Waals surface area (Å²) in [6.07, 6.45) is 0. The zero-order valence-corrected chi connectivity index (χ0v) is 12.6. The van der Waals surface area contributed by atoms with Gasteiger partial charge in [0.15, 0.2) is 0 Å². The fraction of sp³-hybridized carbons (Fsp3) is 0.467. The number of nitrogens with zero attached hydrogens (tertiary/aromatic N) is 2. The monoisotopic (exact) mass is 294 g/mol. The Hall–Kier alpha value is -1.55. The number of hydrogen-bond acceptors (Lipinski definition) is 2. The van der Waals surface area contributed by atoms with Crippen molar-refractivity contribution in [2.45, 2.75) is 13.8 Å². The second-order valence-electron chi connectivity index (χ2n) is 5.25. The van der Waals surface area contributed by atoms with E-state index in [1.807, 2.05) is 18.7 Å². The zero-order chi connectivity index (χ0) is 14.7. The van der Waals surface area contributed by atoms with Crippen molar-refractivity contribution in [3.05, 3.63) is 34.9 Å². The molecule has 0 atom stereocenters. The molecule has 1 saturated heterocycles. The first-order valence-corrected chi connectivity index (χ1v) is 7.21. The van der Waals surface area contributed by atoms with E-state index in [0.717, 1.165) is 0 Å². The fourth-order valence-corrected chi connectivity index (χ4v) is 2.52. The minimum atomic E-state index is -0.0627. The van der Waals surface area contributed by atoms with Crippen LogP contribution in [0.1, 0.15) is 24.2 Å². The lowest BCUT2D eigenvalue weighted by Crippen LogP contribution is -2.51. The van der Waals surface area contributed by atoms with Gasteiger partial charge >= 0.3 is 0 Å². The molecule has 0 aliphatic carbocycles. The summed E-state index contributed by atoms with van der Waals surface area (Å²) in [4.78, 5) is 27.8. The van der Waals surface area contributed by atoms with Crippen molar-refractivity contribution < 1.29 is 9.59 Å². The molecule has 4 nitrogen and oxygen atoms in total. The van der Waals surface area contributed by atoms with Gasteiger partial charge in [0.25, 0.3) is 5.91 Å². The third-order valence-electron chi connectivity index (χ3n) is 3.48. The third kappa shape index (κ3) is 3.12. The van der Waals surface area contributed by atoms with E-state index in [4.69, 9.17) is 11.6 Å². The molecule has 108 valence electrons. The second kappa shape index (κ2) is 6.27. The highest BCUT2D eigenvalue weighted by Crippen LogP contribution is 2.18. The van der Waals surface area contributed by atoms with Crippen LogP contribution in [-0.2, 0) is 4.79 Å². The Kier molecular flexibility index (Phi) is 4.65. The quantitative estimate of drug-likeness (QED) is 0.839. The van der Waals surface area contributed by atoms with Gasteiger partial charge in [-0.25, -0.2) is 0 Å². The SMILES string of the molecule is CC(C)C(=O)N1CCN(C(=O)c2ccccc2Cl)CC1. The standard InChI is InChI=1S/C15H19ClN2O2/c1-11(2)14(19)17-7-9-18(10-8-17)15(20)12-5-3-4-6-13(12)16/h3-6,11H,7-10H2,1-2H3. The number of amides is 2. The molecule has 0 N–H and O–H groups in total. The second-order valence-corrected chi connectivity index (χ2v) is 5.66. The van der Waals surface area contributed by atoms with Gasteiger partial charge in [-0.15, -0.1) is 0 Å². The minimum Gasteiger partial charge on any atom is -0.339 e. The summed E-state index contributed by atoms with van der Waals surface area (Å²) in [5.41, 5.74) is 0.526. The average Bonchev–Trinajstić information content (AvgIpc) is 2.46. The van der Waals surface area contributed by atoms with E-state index in [0.29, 0.717) is 36.8 Å². The molecule has 1 heterocycles. The maximum atomic E-state index is 12.4.